The van der Waals surface area contributed by atoms with Crippen molar-refractivity contribution in [3.05, 3.63) is 51.6 Å². The van der Waals surface area contributed by atoms with E-state index in [9.17, 15) is 4.79 Å². The van der Waals surface area contributed by atoms with Crippen LogP contribution in [-0.2, 0) is 7.05 Å². The lowest BCUT2D eigenvalue weighted by molar-refractivity contribution is 0.663. The Morgan fingerprint density at radius 2 is 1.86 bits per heavy atom. The summed E-state index contributed by atoms with van der Waals surface area (Å²) in [7, 11) is 1.69. The monoisotopic (exact) mass is 296 g/mol. The molecule has 3 rings (SSSR count). The average Bonchev–Trinajstić information content (AvgIpc) is 2.90. The first-order valence-corrected chi connectivity index (χ1v) is 7.42. The van der Waals surface area contributed by atoms with Crippen LogP contribution in [0, 0.1) is 13.8 Å². The Hall–Kier alpha value is -2.43. The molecule has 0 atom stereocenters. The molecular weight excluding hydrogens is 276 g/mol. The van der Waals surface area contributed by atoms with Crippen LogP contribution in [-0.4, -0.2) is 19.6 Å². The van der Waals surface area contributed by atoms with Gasteiger partial charge < -0.3 is 0 Å². The van der Waals surface area contributed by atoms with E-state index < -0.39 is 0 Å². The maximum atomic E-state index is 12.5. The van der Waals surface area contributed by atoms with E-state index in [1.807, 2.05) is 12.1 Å². The first-order chi connectivity index (χ1) is 10.4. The molecule has 114 valence electrons. The van der Waals surface area contributed by atoms with Crippen LogP contribution in [0.15, 0.2) is 29.2 Å². The van der Waals surface area contributed by atoms with E-state index in [2.05, 4.69) is 44.0 Å². The molecule has 5 nitrogen and oxygen atoms in total. The third kappa shape index (κ3) is 2.13. The molecule has 0 amide bonds. The van der Waals surface area contributed by atoms with Crippen LogP contribution < -0.4 is 5.56 Å². The molecule has 0 saturated heterocycles. The summed E-state index contributed by atoms with van der Waals surface area (Å²) < 4.78 is 3.12. The van der Waals surface area contributed by atoms with Crippen molar-refractivity contribution in [3.8, 4) is 5.69 Å². The predicted molar refractivity (Wildman–Crippen MR) is 87.7 cm³/mol. The number of rotatable bonds is 2. The quantitative estimate of drug-likeness (QED) is 0.730. The number of benzene rings is 1. The van der Waals surface area contributed by atoms with Gasteiger partial charge in [-0.2, -0.15) is 10.2 Å². The topological polar surface area (TPSA) is 52.7 Å². The van der Waals surface area contributed by atoms with Crippen molar-refractivity contribution in [1.29, 1.82) is 0 Å². The number of nitrogens with zero attached hydrogens (tertiary/aromatic N) is 4. The van der Waals surface area contributed by atoms with Gasteiger partial charge in [0.15, 0.2) is 0 Å². The lowest BCUT2D eigenvalue weighted by Gasteiger charge is -2.10. The summed E-state index contributed by atoms with van der Waals surface area (Å²) in [6.07, 6.45) is 1.74. The molecule has 5 heteroatoms. The Balaban J connectivity index is 2.37. The Bertz CT molecular complexity index is 918. The molecule has 1 aromatic carbocycles. The molecular formula is C17H20N4O. The molecule has 0 spiro atoms. The first-order valence-electron chi connectivity index (χ1n) is 7.42. The zero-order valence-electron chi connectivity index (χ0n) is 13.6. The lowest BCUT2D eigenvalue weighted by atomic mass is 10.1. The van der Waals surface area contributed by atoms with Crippen LogP contribution in [0.1, 0.15) is 36.6 Å². The second-order valence-corrected chi connectivity index (χ2v) is 6.06. The molecule has 0 aliphatic heterocycles. The van der Waals surface area contributed by atoms with E-state index in [4.69, 9.17) is 0 Å². The Morgan fingerprint density at radius 3 is 2.50 bits per heavy atom. The molecule has 0 aliphatic rings. The molecule has 0 aliphatic carbocycles. The zero-order chi connectivity index (χ0) is 16.0. The normalized spacial score (nSPS) is 11.5. The van der Waals surface area contributed by atoms with Crippen LogP contribution in [0.25, 0.3) is 16.6 Å². The van der Waals surface area contributed by atoms with Gasteiger partial charge in [-0.05, 0) is 43.0 Å². The van der Waals surface area contributed by atoms with E-state index in [1.54, 1.807) is 17.9 Å². The highest BCUT2D eigenvalue weighted by molar-refractivity contribution is 5.82. The van der Waals surface area contributed by atoms with Gasteiger partial charge in [-0.15, -0.1) is 0 Å². The fraction of sp³-hybridized carbons (Fsp3) is 0.353. The first kappa shape index (κ1) is 14.5. The van der Waals surface area contributed by atoms with Gasteiger partial charge in [-0.25, -0.2) is 9.36 Å². The predicted octanol–water partition coefficient (Wildman–Crippen LogP) is 2.86. The van der Waals surface area contributed by atoms with E-state index in [0.29, 0.717) is 5.52 Å². The highest BCUT2D eigenvalue weighted by Crippen LogP contribution is 2.23. The summed E-state index contributed by atoms with van der Waals surface area (Å²) >= 11 is 0. The fourth-order valence-corrected chi connectivity index (χ4v) is 2.64. The van der Waals surface area contributed by atoms with Gasteiger partial charge in [0.2, 0.25) is 0 Å². The third-order valence-corrected chi connectivity index (χ3v) is 4.08. The number of fused-ring (bicyclic) bond motifs is 1. The highest BCUT2D eigenvalue weighted by atomic mass is 16.1. The minimum atomic E-state index is -0.130. The van der Waals surface area contributed by atoms with Gasteiger partial charge >= 0.3 is 0 Å². The van der Waals surface area contributed by atoms with Crippen LogP contribution in [0.2, 0.25) is 0 Å². The summed E-state index contributed by atoms with van der Waals surface area (Å²) in [6, 6.07) is 6.09. The summed E-state index contributed by atoms with van der Waals surface area (Å²) in [5.41, 5.74) is 4.65. The fourth-order valence-electron chi connectivity index (χ4n) is 2.64. The number of aromatic nitrogens is 4. The van der Waals surface area contributed by atoms with E-state index in [-0.39, 0.29) is 11.5 Å². The van der Waals surface area contributed by atoms with Gasteiger partial charge in [-0.1, -0.05) is 19.9 Å². The molecule has 2 heterocycles. The molecule has 22 heavy (non-hydrogen) atoms. The number of hydrogen-bond acceptors (Lipinski definition) is 3. The van der Waals surface area contributed by atoms with Crippen molar-refractivity contribution < 1.29 is 0 Å². The summed E-state index contributed by atoms with van der Waals surface area (Å²) in [6.45, 7) is 8.27. The minimum Gasteiger partial charge on any atom is -0.265 e. The van der Waals surface area contributed by atoms with Crippen molar-refractivity contribution in [3.63, 3.8) is 0 Å². The van der Waals surface area contributed by atoms with E-state index in [1.165, 1.54) is 15.8 Å². The van der Waals surface area contributed by atoms with Gasteiger partial charge in [0.1, 0.15) is 5.52 Å². The van der Waals surface area contributed by atoms with Gasteiger partial charge in [0.25, 0.3) is 5.56 Å². The van der Waals surface area contributed by atoms with Gasteiger partial charge in [0.05, 0.1) is 17.6 Å². The average molecular weight is 296 g/mol. The second-order valence-electron chi connectivity index (χ2n) is 6.06. The maximum absolute atomic E-state index is 12.5. The zero-order valence-corrected chi connectivity index (χ0v) is 13.6. The van der Waals surface area contributed by atoms with E-state index in [0.717, 1.165) is 16.8 Å². The summed E-state index contributed by atoms with van der Waals surface area (Å²) in [5.74, 6) is 0.228. The maximum Gasteiger partial charge on any atom is 0.293 e. The van der Waals surface area contributed by atoms with Crippen LogP contribution in [0.4, 0.5) is 0 Å². The van der Waals surface area contributed by atoms with Crippen molar-refractivity contribution in [2.75, 3.05) is 0 Å². The van der Waals surface area contributed by atoms with Gasteiger partial charge in [0, 0.05) is 12.4 Å². The van der Waals surface area contributed by atoms with Crippen LogP contribution >= 0.6 is 0 Å². The van der Waals surface area contributed by atoms with Crippen molar-refractivity contribution in [2.45, 2.75) is 33.6 Å². The largest absolute Gasteiger partial charge is 0.293 e. The number of aryl methyl sites for hydroxylation is 3. The van der Waals surface area contributed by atoms with Crippen molar-refractivity contribution >= 4 is 10.9 Å². The molecule has 0 N–H and O–H groups in total. The van der Waals surface area contributed by atoms with E-state index >= 15 is 0 Å². The molecule has 0 radical (unpaired) electrons. The smallest absolute Gasteiger partial charge is 0.265 e. The summed E-state index contributed by atoms with van der Waals surface area (Å²) in [5, 5.41) is 9.66. The third-order valence-electron chi connectivity index (χ3n) is 4.08. The minimum absolute atomic E-state index is 0.130. The van der Waals surface area contributed by atoms with Crippen LogP contribution in [0.5, 0.6) is 0 Å². The Morgan fingerprint density at radius 1 is 1.14 bits per heavy atom. The number of hydrogen-bond donors (Lipinski definition) is 0. The summed E-state index contributed by atoms with van der Waals surface area (Å²) in [4.78, 5) is 12.5. The molecule has 0 unspecified atom stereocenters. The van der Waals surface area contributed by atoms with Crippen molar-refractivity contribution in [2.24, 2.45) is 7.05 Å². The SMILES string of the molecule is Cc1ccc(-n2ncc3c(C(C)C)nn(C)c(=O)c32)cc1C. The van der Waals surface area contributed by atoms with Crippen LogP contribution in [0.3, 0.4) is 0 Å². The highest BCUT2D eigenvalue weighted by Gasteiger charge is 2.17. The molecule has 0 bridgehead atoms. The Kier molecular flexibility index (Phi) is 3.35. The molecule has 2 aromatic heterocycles. The molecule has 0 fully saturated rings. The standard InChI is InChI=1S/C17H20N4O/c1-10(2)15-14-9-18-21(16(14)17(22)20(5)19-15)13-7-6-11(3)12(4)8-13/h6-10H,1-5H3. The van der Waals surface area contributed by atoms with Crippen molar-refractivity contribution in [1.82, 2.24) is 19.6 Å². The molecule has 3 aromatic rings. The Labute approximate surface area is 129 Å². The molecule has 0 saturated carbocycles. The lowest BCUT2D eigenvalue weighted by Crippen LogP contribution is -2.23. The second kappa shape index (κ2) is 5.09. The van der Waals surface area contributed by atoms with Gasteiger partial charge in [-0.3, -0.25) is 4.79 Å².